The van der Waals surface area contributed by atoms with Crippen LogP contribution in [0.25, 0.3) is 0 Å². The molecule has 0 aromatic heterocycles. The number of hydrogen-bond acceptors (Lipinski definition) is 2. The Labute approximate surface area is 169 Å². The van der Waals surface area contributed by atoms with Gasteiger partial charge in [-0.1, -0.05) is 36.8 Å². The highest BCUT2D eigenvalue weighted by Crippen LogP contribution is 2.47. The van der Waals surface area contributed by atoms with Crippen LogP contribution in [0.3, 0.4) is 0 Å². The van der Waals surface area contributed by atoms with Gasteiger partial charge in [0.15, 0.2) is 5.96 Å². The van der Waals surface area contributed by atoms with Crippen LogP contribution in [-0.2, 0) is 0 Å². The maximum absolute atomic E-state index is 4.81. The third-order valence-corrected chi connectivity index (χ3v) is 5.15. The van der Waals surface area contributed by atoms with Gasteiger partial charge in [-0.2, -0.15) is 0 Å². The van der Waals surface area contributed by atoms with Gasteiger partial charge in [0.1, 0.15) is 0 Å². The molecular formula is C20H33IN4. The van der Waals surface area contributed by atoms with E-state index in [-0.39, 0.29) is 24.0 Å². The summed E-state index contributed by atoms with van der Waals surface area (Å²) in [6.45, 7) is 8.61. The minimum atomic E-state index is 0. The number of guanidine groups is 1. The molecule has 25 heavy (non-hydrogen) atoms. The Morgan fingerprint density at radius 2 is 1.88 bits per heavy atom. The minimum absolute atomic E-state index is 0. The number of nitrogens with one attached hydrogen (secondary N) is 2. The van der Waals surface area contributed by atoms with Crippen LogP contribution in [-0.4, -0.2) is 50.1 Å². The van der Waals surface area contributed by atoms with Crippen LogP contribution >= 0.6 is 24.0 Å². The second-order valence-corrected chi connectivity index (χ2v) is 7.06. The minimum Gasteiger partial charge on any atom is -0.357 e. The van der Waals surface area contributed by atoms with Crippen molar-refractivity contribution in [3.63, 3.8) is 0 Å². The lowest BCUT2D eigenvalue weighted by atomic mass is 10.1. The number of likely N-dealkylation sites (tertiary alicyclic amines) is 1. The number of hydrogen-bond donors (Lipinski definition) is 2. The molecule has 0 bridgehead atoms. The van der Waals surface area contributed by atoms with E-state index in [0.717, 1.165) is 32.1 Å². The Morgan fingerprint density at radius 3 is 2.60 bits per heavy atom. The molecule has 2 unspecified atom stereocenters. The SMILES string of the molecule is CCNC(=NCC1CC1c1ccccc1)NCCN1CCCCC1.I. The van der Waals surface area contributed by atoms with Crippen molar-refractivity contribution < 1.29 is 0 Å². The van der Waals surface area contributed by atoms with E-state index in [0.29, 0.717) is 11.8 Å². The first-order valence-corrected chi connectivity index (χ1v) is 9.66. The lowest BCUT2D eigenvalue weighted by Gasteiger charge is -2.26. The number of piperidine rings is 1. The second kappa shape index (κ2) is 11.0. The summed E-state index contributed by atoms with van der Waals surface area (Å²) in [5.41, 5.74) is 1.47. The van der Waals surface area contributed by atoms with E-state index in [9.17, 15) is 0 Å². The molecule has 0 spiro atoms. The van der Waals surface area contributed by atoms with Gasteiger partial charge in [0.05, 0.1) is 0 Å². The van der Waals surface area contributed by atoms with Crippen LogP contribution in [0.2, 0.25) is 0 Å². The highest BCUT2D eigenvalue weighted by molar-refractivity contribution is 14.0. The predicted molar refractivity (Wildman–Crippen MR) is 117 cm³/mol. The van der Waals surface area contributed by atoms with Crippen LogP contribution in [0.5, 0.6) is 0 Å². The highest BCUT2D eigenvalue weighted by atomic mass is 127. The zero-order valence-electron chi connectivity index (χ0n) is 15.4. The molecule has 1 saturated heterocycles. The van der Waals surface area contributed by atoms with Crippen molar-refractivity contribution in [1.82, 2.24) is 15.5 Å². The number of rotatable bonds is 7. The summed E-state index contributed by atoms with van der Waals surface area (Å²) in [6, 6.07) is 10.9. The van der Waals surface area contributed by atoms with Crippen molar-refractivity contribution in [3.8, 4) is 0 Å². The van der Waals surface area contributed by atoms with Crippen molar-refractivity contribution >= 4 is 29.9 Å². The molecule has 1 saturated carbocycles. The fraction of sp³-hybridized carbons (Fsp3) is 0.650. The quantitative estimate of drug-likeness (QED) is 0.375. The molecule has 1 heterocycles. The summed E-state index contributed by atoms with van der Waals surface area (Å²) < 4.78 is 0. The number of halogens is 1. The fourth-order valence-corrected chi connectivity index (χ4v) is 3.62. The molecule has 5 heteroatoms. The highest BCUT2D eigenvalue weighted by Gasteiger charge is 2.37. The number of nitrogens with zero attached hydrogens (tertiary/aromatic N) is 2. The van der Waals surface area contributed by atoms with Gasteiger partial charge >= 0.3 is 0 Å². The summed E-state index contributed by atoms with van der Waals surface area (Å²) in [6.07, 6.45) is 5.39. The average molecular weight is 456 g/mol. The molecule has 2 aliphatic rings. The van der Waals surface area contributed by atoms with Crippen molar-refractivity contribution in [1.29, 1.82) is 0 Å². The lowest BCUT2D eigenvalue weighted by molar-refractivity contribution is 0.232. The first kappa shape index (κ1) is 20.5. The molecule has 2 N–H and O–H groups in total. The van der Waals surface area contributed by atoms with Crippen molar-refractivity contribution in [2.24, 2.45) is 10.9 Å². The van der Waals surface area contributed by atoms with E-state index in [4.69, 9.17) is 4.99 Å². The maximum atomic E-state index is 4.81. The topological polar surface area (TPSA) is 39.7 Å². The van der Waals surface area contributed by atoms with E-state index in [1.165, 1.54) is 44.3 Å². The molecule has 1 aliphatic carbocycles. The van der Waals surface area contributed by atoms with Crippen LogP contribution < -0.4 is 10.6 Å². The number of aliphatic imine (C=N–C) groups is 1. The van der Waals surface area contributed by atoms with E-state index < -0.39 is 0 Å². The van der Waals surface area contributed by atoms with Crippen LogP contribution in [0.1, 0.15) is 44.1 Å². The Kier molecular flexibility index (Phi) is 9.03. The zero-order chi connectivity index (χ0) is 16.6. The monoisotopic (exact) mass is 456 g/mol. The zero-order valence-corrected chi connectivity index (χ0v) is 17.7. The molecule has 2 fully saturated rings. The molecule has 3 rings (SSSR count). The molecule has 140 valence electrons. The van der Waals surface area contributed by atoms with Crippen LogP contribution in [0, 0.1) is 5.92 Å². The van der Waals surface area contributed by atoms with Gasteiger partial charge in [-0.05, 0) is 56.7 Å². The van der Waals surface area contributed by atoms with E-state index >= 15 is 0 Å². The normalized spacial score (nSPS) is 23.6. The molecule has 1 aromatic rings. The standard InChI is InChI=1S/C20H32N4.HI/c1-2-21-20(22-11-14-24-12-7-4-8-13-24)23-16-18-15-19(18)17-9-5-3-6-10-17;/h3,5-6,9-10,18-19H,2,4,7-8,11-16H2,1H3,(H2,21,22,23);1H. The summed E-state index contributed by atoms with van der Waals surface area (Å²) in [5, 5.41) is 6.88. The molecule has 0 radical (unpaired) electrons. The molecule has 2 atom stereocenters. The van der Waals surface area contributed by atoms with E-state index in [2.05, 4.69) is 52.8 Å². The van der Waals surface area contributed by atoms with Gasteiger partial charge in [-0.15, -0.1) is 24.0 Å². The van der Waals surface area contributed by atoms with Gasteiger partial charge in [-0.25, -0.2) is 0 Å². The molecule has 1 aromatic carbocycles. The van der Waals surface area contributed by atoms with Crippen LogP contribution in [0.4, 0.5) is 0 Å². The molecule has 0 amide bonds. The average Bonchev–Trinajstić information content (AvgIpc) is 3.41. The largest absolute Gasteiger partial charge is 0.357 e. The summed E-state index contributed by atoms with van der Waals surface area (Å²) >= 11 is 0. The van der Waals surface area contributed by atoms with Crippen LogP contribution in [0.15, 0.2) is 35.3 Å². The van der Waals surface area contributed by atoms with Gasteiger partial charge in [0.25, 0.3) is 0 Å². The first-order chi connectivity index (χ1) is 11.9. The Bertz CT molecular complexity index is 514. The predicted octanol–water partition coefficient (Wildman–Crippen LogP) is 3.45. The van der Waals surface area contributed by atoms with E-state index in [1.807, 2.05) is 0 Å². The Hall–Kier alpha value is -0.820. The first-order valence-electron chi connectivity index (χ1n) is 9.66. The number of benzene rings is 1. The van der Waals surface area contributed by atoms with Gasteiger partial charge in [-0.3, -0.25) is 4.99 Å². The third kappa shape index (κ3) is 6.77. The van der Waals surface area contributed by atoms with Gasteiger partial charge < -0.3 is 15.5 Å². The summed E-state index contributed by atoms with van der Waals surface area (Å²) in [7, 11) is 0. The smallest absolute Gasteiger partial charge is 0.191 e. The molecule has 4 nitrogen and oxygen atoms in total. The van der Waals surface area contributed by atoms with Crippen molar-refractivity contribution in [2.75, 3.05) is 39.3 Å². The Morgan fingerprint density at radius 1 is 1.12 bits per heavy atom. The van der Waals surface area contributed by atoms with Crippen molar-refractivity contribution in [2.45, 2.75) is 38.5 Å². The maximum Gasteiger partial charge on any atom is 0.191 e. The lowest BCUT2D eigenvalue weighted by Crippen LogP contribution is -2.42. The molecular weight excluding hydrogens is 423 g/mol. The van der Waals surface area contributed by atoms with Crippen molar-refractivity contribution in [3.05, 3.63) is 35.9 Å². The third-order valence-electron chi connectivity index (χ3n) is 5.15. The summed E-state index contributed by atoms with van der Waals surface area (Å²) in [4.78, 5) is 7.37. The fourth-order valence-electron chi connectivity index (χ4n) is 3.62. The summed E-state index contributed by atoms with van der Waals surface area (Å²) in [5.74, 6) is 2.41. The second-order valence-electron chi connectivity index (χ2n) is 7.06. The van der Waals surface area contributed by atoms with Gasteiger partial charge in [0, 0.05) is 26.2 Å². The van der Waals surface area contributed by atoms with E-state index in [1.54, 1.807) is 0 Å². The molecule has 1 aliphatic heterocycles. The Balaban J connectivity index is 0.00000225. The van der Waals surface area contributed by atoms with Gasteiger partial charge in [0.2, 0.25) is 0 Å².